The Morgan fingerprint density at radius 3 is 3.20 bits per heavy atom. The third kappa shape index (κ3) is 2.79. The maximum absolute atomic E-state index is 10.7. The van der Waals surface area contributed by atoms with Crippen molar-refractivity contribution in [3.63, 3.8) is 0 Å². The molecule has 1 aromatic heterocycles. The van der Waals surface area contributed by atoms with Gasteiger partial charge in [0.25, 0.3) is 0 Å². The van der Waals surface area contributed by atoms with E-state index in [1.54, 1.807) is 11.3 Å². The van der Waals surface area contributed by atoms with Gasteiger partial charge in [-0.15, -0.1) is 11.3 Å². The Bertz CT molecular complexity index is 323. The van der Waals surface area contributed by atoms with Crippen molar-refractivity contribution in [3.8, 4) is 0 Å². The zero-order valence-electron chi connectivity index (χ0n) is 8.56. The van der Waals surface area contributed by atoms with Gasteiger partial charge in [-0.25, -0.2) is 0 Å². The van der Waals surface area contributed by atoms with E-state index >= 15 is 0 Å². The van der Waals surface area contributed by atoms with Gasteiger partial charge in [-0.2, -0.15) is 0 Å². The Morgan fingerprint density at radius 2 is 2.53 bits per heavy atom. The van der Waals surface area contributed by atoms with Gasteiger partial charge in [0.1, 0.15) is 0 Å². The molecule has 0 radical (unpaired) electrons. The molecule has 0 saturated carbocycles. The summed E-state index contributed by atoms with van der Waals surface area (Å²) < 4.78 is 0. The summed E-state index contributed by atoms with van der Waals surface area (Å²) in [6.45, 7) is 1.95. The number of thiophene rings is 1. The molecule has 0 amide bonds. The molecule has 15 heavy (non-hydrogen) atoms. The summed E-state index contributed by atoms with van der Waals surface area (Å²) >= 11 is 1.74. The average molecular weight is 225 g/mol. The molecule has 1 unspecified atom stereocenters. The average Bonchev–Trinajstić information content (AvgIpc) is 2.78. The van der Waals surface area contributed by atoms with Crippen LogP contribution in [-0.2, 0) is 11.3 Å². The molecule has 2 rings (SSSR count). The molecule has 1 fully saturated rings. The summed E-state index contributed by atoms with van der Waals surface area (Å²) in [5, 5.41) is 10.9. The zero-order valence-corrected chi connectivity index (χ0v) is 9.37. The van der Waals surface area contributed by atoms with Crippen LogP contribution < -0.4 is 0 Å². The van der Waals surface area contributed by atoms with Crippen molar-refractivity contribution in [2.24, 2.45) is 0 Å². The van der Waals surface area contributed by atoms with Crippen LogP contribution in [0.2, 0.25) is 0 Å². The molecule has 1 N–H and O–H groups in total. The third-order valence-corrected chi connectivity index (χ3v) is 3.71. The first-order valence-electron chi connectivity index (χ1n) is 5.24. The van der Waals surface area contributed by atoms with E-state index in [0.717, 1.165) is 25.9 Å². The second-order valence-electron chi connectivity index (χ2n) is 3.94. The van der Waals surface area contributed by atoms with Gasteiger partial charge in [-0.05, 0) is 30.8 Å². The fraction of sp³-hybridized carbons (Fsp3) is 0.545. The van der Waals surface area contributed by atoms with Gasteiger partial charge >= 0.3 is 5.97 Å². The van der Waals surface area contributed by atoms with Crippen LogP contribution in [0, 0.1) is 0 Å². The second kappa shape index (κ2) is 4.77. The quantitative estimate of drug-likeness (QED) is 0.854. The molecule has 0 aromatic carbocycles. The Hall–Kier alpha value is -0.870. The maximum Gasteiger partial charge on any atom is 0.304 e. The first kappa shape index (κ1) is 10.6. The van der Waals surface area contributed by atoms with Crippen LogP contribution in [0.15, 0.2) is 17.5 Å². The van der Waals surface area contributed by atoms with Gasteiger partial charge in [0.15, 0.2) is 0 Å². The summed E-state index contributed by atoms with van der Waals surface area (Å²) in [6, 6.07) is 4.40. The number of carboxylic acid groups (broad SMARTS) is 1. The molecular formula is C11H15NO2S. The number of rotatable bonds is 4. The van der Waals surface area contributed by atoms with Crippen molar-refractivity contribution in [2.45, 2.75) is 31.8 Å². The van der Waals surface area contributed by atoms with Gasteiger partial charge in [-0.3, -0.25) is 9.69 Å². The lowest BCUT2D eigenvalue weighted by Gasteiger charge is -2.22. The van der Waals surface area contributed by atoms with E-state index in [9.17, 15) is 4.79 Å². The molecule has 1 saturated heterocycles. The van der Waals surface area contributed by atoms with Crippen LogP contribution in [-0.4, -0.2) is 28.6 Å². The van der Waals surface area contributed by atoms with E-state index in [1.807, 2.05) is 6.07 Å². The van der Waals surface area contributed by atoms with Gasteiger partial charge in [0.2, 0.25) is 0 Å². The Morgan fingerprint density at radius 1 is 1.67 bits per heavy atom. The monoisotopic (exact) mass is 225 g/mol. The van der Waals surface area contributed by atoms with E-state index in [1.165, 1.54) is 4.88 Å². The molecule has 1 aromatic rings. The fourth-order valence-corrected chi connectivity index (χ4v) is 2.87. The number of aliphatic carboxylic acids is 1. The molecule has 2 heterocycles. The van der Waals surface area contributed by atoms with E-state index < -0.39 is 5.97 Å². The smallest absolute Gasteiger partial charge is 0.304 e. The first-order valence-corrected chi connectivity index (χ1v) is 6.12. The Balaban J connectivity index is 1.93. The molecule has 0 aliphatic carbocycles. The van der Waals surface area contributed by atoms with Crippen molar-refractivity contribution in [1.29, 1.82) is 0 Å². The number of hydrogen-bond acceptors (Lipinski definition) is 3. The number of likely N-dealkylation sites (tertiary alicyclic amines) is 1. The first-order chi connectivity index (χ1) is 7.25. The standard InChI is InChI=1S/C11H15NO2S/c13-11(14)7-9-3-1-5-12(9)8-10-4-2-6-15-10/h2,4,6,9H,1,3,5,7-8H2,(H,13,14). The van der Waals surface area contributed by atoms with Crippen LogP contribution in [0.3, 0.4) is 0 Å². The molecular weight excluding hydrogens is 210 g/mol. The molecule has 0 spiro atoms. The van der Waals surface area contributed by atoms with Gasteiger partial charge in [0.05, 0.1) is 6.42 Å². The molecule has 0 bridgehead atoms. The minimum Gasteiger partial charge on any atom is -0.481 e. The number of carboxylic acids is 1. The van der Waals surface area contributed by atoms with E-state index in [2.05, 4.69) is 16.3 Å². The second-order valence-corrected chi connectivity index (χ2v) is 4.98. The predicted octanol–water partition coefficient (Wildman–Crippen LogP) is 2.19. The zero-order chi connectivity index (χ0) is 10.7. The van der Waals surface area contributed by atoms with Crippen LogP contribution in [0.4, 0.5) is 0 Å². The van der Waals surface area contributed by atoms with E-state index in [0.29, 0.717) is 0 Å². The maximum atomic E-state index is 10.7. The van der Waals surface area contributed by atoms with Gasteiger partial charge in [0, 0.05) is 17.5 Å². The summed E-state index contributed by atoms with van der Waals surface area (Å²) in [5.74, 6) is -0.682. The summed E-state index contributed by atoms with van der Waals surface area (Å²) in [7, 11) is 0. The number of carbonyl (C=O) groups is 1. The topological polar surface area (TPSA) is 40.5 Å². The Labute approximate surface area is 93.3 Å². The minimum absolute atomic E-state index is 0.240. The number of hydrogen-bond donors (Lipinski definition) is 1. The molecule has 3 nitrogen and oxygen atoms in total. The van der Waals surface area contributed by atoms with Crippen molar-refractivity contribution in [1.82, 2.24) is 4.90 Å². The van der Waals surface area contributed by atoms with Crippen molar-refractivity contribution in [2.75, 3.05) is 6.54 Å². The lowest BCUT2D eigenvalue weighted by molar-refractivity contribution is -0.138. The third-order valence-electron chi connectivity index (χ3n) is 2.85. The highest BCUT2D eigenvalue weighted by atomic mass is 32.1. The van der Waals surface area contributed by atoms with Crippen molar-refractivity contribution in [3.05, 3.63) is 22.4 Å². The summed E-state index contributed by atoms with van der Waals surface area (Å²) in [4.78, 5) is 14.3. The summed E-state index contributed by atoms with van der Waals surface area (Å²) in [6.07, 6.45) is 2.44. The molecule has 1 atom stereocenters. The molecule has 82 valence electrons. The highest BCUT2D eigenvalue weighted by molar-refractivity contribution is 7.09. The largest absolute Gasteiger partial charge is 0.481 e. The molecule has 1 aliphatic heterocycles. The predicted molar refractivity (Wildman–Crippen MR) is 60.0 cm³/mol. The fourth-order valence-electron chi connectivity index (χ4n) is 2.14. The lowest BCUT2D eigenvalue weighted by atomic mass is 10.1. The Kier molecular flexibility index (Phi) is 3.38. The number of nitrogens with zero attached hydrogens (tertiary/aromatic N) is 1. The van der Waals surface area contributed by atoms with Crippen molar-refractivity contribution >= 4 is 17.3 Å². The summed E-state index contributed by atoms with van der Waals surface area (Å²) in [5.41, 5.74) is 0. The van der Waals surface area contributed by atoms with E-state index in [-0.39, 0.29) is 12.5 Å². The van der Waals surface area contributed by atoms with E-state index in [4.69, 9.17) is 5.11 Å². The van der Waals surface area contributed by atoms with Crippen LogP contribution >= 0.6 is 11.3 Å². The van der Waals surface area contributed by atoms with Crippen LogP contribution in [0.1, 0.15) is 24.1 Å². The van der Waals surface area contributed by atoms with Gasteiger partial charge in [-0.1, -0.05) is 6.07 Å². The highest BCUT2D eigenvalue weighted by Gasteiger charge is 2.26. The minimum atomic E-state index is -0.682. The van der Waals surface area contributed by atoms with Crippen molar-refractivity contribution < 1.29 is 9.90 Å². The SMILES string of the molecule is O=C(O)CC1CCCN1Cc1cccs1. The van der Waals surface area contributed by atoms with Crippen LogP contribution in [0.25, 0.3) is 0 Å². The lowest BCUT2D eigenvalue weighted by Crippen LogP contribution is -2.30. The van der Waals surface area contributed by atoms with Crippen LogP contribution in [0.5, 0.6) is 0 Å². The van der Waals surface area contributed by atoms with Gasteiger partial charge < -0.3 is 5.11 Å². The molecule has 4 heteroatoms. The highest BCUT2D eigenvalue weighted by Crippen LogP contribution is 2.23. The normalized spacial score (nSPS) is 22.0. The molecule has 1 aliphatic rings.